The van der Waals surface area contributed by atoms with Gasteiger partial charge in [-0.1, -0.05) is 41.0 Å². The van der Waals surface area contributed by atoms with Crippen molar-refractivity contribution in [3.8, 4) is 11.5 Å². The van der Waals surface area contributed by atoms with Crippen molar-refractivity contribution in [1.82, 2.24) is 15.5 Å². The lowest BCUT2D eigenvalue weighted by atomic mass is 10.2. The third-order valence-electron chi connectivity index (χ3n) is 3.30. The van der Waals surface area contributed by atoms with Crippen LogP contribution in [0.25, 0.3) is 11.5 Å². The molecule has 26 heavy (non-hydrogen) atoms. The number of nitrogens with one attached hydrogen (secondary N) is 1. The van der Waals surface area contributed by atoms with Gasteiger partial charge >= 0.3 is 0 Å². The first-order chi connectivity index (χ1) is 12.5. The van der Waals surface area contributed by atoms with E-state index in [1.54, 1.807) is 30.3 Å². The smallest absolute Gasteiger partial charge is 0.277 e. The first-order valence-corrected chi connectivity index (χ1v) is 9.18. The van der Waals surface area contributed by atoms with Gasteiger partial charge in [-0.3, -0.25) is 4.79 Å². The summed E-state index contributed by atoms with van der Waals surface area (Å²) in [6.07, 6.45) is 0. The summed E-state index contributed by atoms with van der Waals surface area (Å²) in [5.74, 6) is -0.153. The minimum Gasteiger partial charge on any atom is -0.411 e. The average molecular weight is 412 g/mol. The average Bonchev–Trinajstić information content (AvgIpc) is 3.10. The molecule has 5 nitrogen and oxygen atoms in total. The third kappa shape index (κ3) is 4.97. The Morgan fingerprint density at radius 3 is 2.62 bits per heavy atom. The molecule has 0 saturated heterocycles. The topological polar surface area (TPSA) is 68.0 Å². The number of hydrogen-bond donors (Lipinski definition) is 1. The molecule has 0 aliphatic heterocycles. The number of benzene rings is 2. The van der Waals surface area contributed by atoms with Crippen LogP contribution in [0.2, 0.25) is 10.0 Å². The second kappa shape index (κ2) is 8.53. The molecule has 1 amide bonds. The fourth-order valence-electron chi connectivity index (χ4n) is 2.01. The Labute approximate surface area is 162 Å². The van der Waals surface area contributed by atoms with E-state index in [2.05, 4.69) is 15.5 Å². The number of rotatable bonds is 6. The van der Waals surface area contributed by atoms with Gasteiger partial charge < -0.3 is 9.73 Å². The molecular formula is C17H12Cl2FN3O2S. The maximum atomic E-state index is 12.9. The largest absolute Gasteiger partial charge is 0.411 e. The highest BCUT2D eigenvalue weighted by Crippen LogP contribution is 2.24. The van der Waals surface area contributed by atoms with E-state index in [1.165, 1.54) is 12.1 Å². The van der Waals surface area contributed by atoms with Gasteiger partial charge in [0.25, 0.3) is 5.22 Å². The maximum absolute atomic E-state index is 12.9. The van der Waals surface area contributed by atoms with Crippen molar-refractivity contribution in [3.05, 3.63) is 63.9 Å². The molecule has 0 aliphatic carbocycles. The predicted octanol–water partition coefficient (Wildman–Crippen LogP) is 4.59. The van der Waals surface area contributed by atoms with E-state index < -0.39 is 0 Å². The Kier molecular flexibility index (Phi) is 6.13. The molecular weight excluding hydrogens is 400 g/mol. The molecule has 2 aromatic carbocycles. The molecule has 1 aromatic heterocycles. The van der Waals surface area contributed by atoms with Gasteiger partial charge in [0.2, 0.25) is 11.8 Å². The molecule has 3 rings (SSSR count). The number of halogens is 3. The van der Waals surface area contributed by atoms with Crippen molar-refractivity contribution in [2.45, 2.75) is 11.8 Å². The summed E-state index contributed by atoms with van der Waals surface area (Å²) in [5, 5.41) is 11.7. The highest BCUT2D eigenvalue weighted by Gasteiger charge is 2.11. The lowest BCUT2D eigenvalue weighted by molar-refractivity contribution is -0.118. The van der Waals surface area contributed by atoms with Crippen LogP contribution in [0.3, 0.4) is 0 Å². The van der Waals surface area contributed by atoms with Gasteiger partial charge in [0.05, 0.1) is 15.8 Å². The van der Waals surface area contributed by atoms with Gasteiger partial charge in [-0.25, -0.2) is 4.39 Å². The molecule has 0 unspecified atom stereocenters. The minimum atomic E-state index is -0.346. The first kappa shape index (κ1) is 18.7. The van der Waals surface area contributed by atoms with Gasteiger partial charge in [-0.2, -0.15) is 0 Å². The van der Waals surface area contributed by atoms with Gasteiger partial charge in [-0.05, 0) is 42.0 Å². The first-order valence-electron chi connectivity index (χ1n) is 7.44. The fourth-order valence-corrected chi connectivity index (χ4v) is 2.92. The summed E-state index contributed by atoms with van der Waals surface area (Å²) in [6, 6.07) is 10.9. The van der Waals surface area contributed by atoms with E-state index >= 15 is 0 Å². The zero-order chi connectivity index (χ0) is 18.5. The summed E-state index contributed by atoms with van der Waals surface area (Å²) in [4.78, 5) is 11.9. The van der Waals surface area contributed by atoms with Crippen LogP contribution in [0.4, 0.5) is 4.39 Å². The lowest BCUT2D eigenvalue weighted by Crippen LogP contribution is -2.24. The molecule has 0 atom stereocenters. The van der Waals surface area contributed by atoms with Crippen LogP contribution >= 0.6 is 35.0 Å². The molecule has 0 aliphatic rings. The monoisotopic (exact) mass is 411 g/mol. The van der Waals surface area contributed by atoms with E-state index in [0.717, 1.165) is 17.3 Å². The Bertz CT molecular complexity index is 919. The third-order valence-corrected chi connectivity index (χ3v) is 4.86. The molecule has 0 radical (unpaired) electrons. The molecule has 0 spiro atoms. The van der Waals surface area contributed by atoms with Crippen LogP contribution in [0.5, 0.6) is 0 Å². The lowest BCUT2D eigenvalue weighted by Gasteiger charge is -2.05. The van der Waals surface area contributed by atoms with E-state index in [-0.39, 0.29) is 28.6 Å². The number of aromatic nitrogens is 2. The highest BCUT2D eigenvalue weighted by atomic mass is 35.5. The number of thioether (sulfide) groups is 1. The van der Waals surface area contributed by atoms with E-state index in [4.69, 9.17) is 27.6 Å². The molecule has 1 N–H and O–H groups in total. The number of amides is 1. The van der Waals surface area contributed by atoms with Crippen molar-refractivity contribution < 1.29 is 13.6 Å². The van der Waals surface area contributed by atoms with Crippen LogP contribution in [-0.2, 0) is 11.3 Å². The summed E-state index contributed by atoms with van der Waals surface area (Å²) in [6.45, 7) is 0.334. The molecule has 9 heteroatoms. The Morgan fingerprint density at radius 1 is 1.12 bits per heavy atom. The summed E-state index contributed by atoms with van der Waals surface area (Å²) in [7, 11) is 0. The minimum absolute atomic E-state index is 0.117. The van der Waals surface area contributed by atoms with Crippen LogP contribution in [0.15, 0.2) is 52.1 Å². The van der Waals surface area contributed by atoms with Crippen molar-refractivity contribution in [1.29, 1.82) is 0 Å². The van der Waals surface area contributed by atoms with Crippen molar-refractivity contribution in [2.75, 3.05) is 5.75 Å². The second-order valence-electron chi connectivity index (χ2n) is 5.19. The van der Waals surface area contributed by atoms with E-state index in [0.29, 0.717) is 22.2 Å². The number of carbonyl (C=O) groups is 1. The van der Waals surface area contributed by atoms with E-state index in [1.807, 2.05) is 0 Å². The molecule has 134 valence electrons. The number of nitrogens with zero attached hydrogens (tertiary/aromatic N) is 2. The van der Waals surface area contributed by atoms with Crippen molar-refractivity contribution in [2.24, 2.45) is 0 Å². The van der Waals surface area contributed by atoms with Gasteiger partial charge in [0.15, 0.2) is 0 Å². The molecule has 1 heterocycles. The van der Waals surface area contributed by atoms with Crippen molar-refractivity contribution in [3.63, 3.8) is 0 Å². The molecule has 0 fully saturated rings. The number of carbonyl (C=O) groups excluding carboxylic acids is 1. The van der Waals surface area contributed by atoms with Crippen LogP contribution in [0, 0.1) is 5.82 Å². The van der Waals surface area contributed by atoms with Crippen LogP contribution < -0.4 is 5.32 Å². The van der Waals surface area contributed by atoms with E-state index in [9.17, 15) is 9.18 Å². The predicted molar refractivity (Wildman–Crippen MR) is 98.7 cm³/mol. The zero-order valence-electron chi connectivity index (χ0n) is 13.2. The van der Waals surface area contributed by atoms with Gasteiger partial charge in [0.1, 0.15) is 5.82 Å². The second-order valence-corrected chi connectivity index (χ2v) is 6.93. The Hall–Kier alpha value is -2.09. The van der Waals surface area contributed by atoms with Crippen molar-refractivity contribution >= 4 is 40.9 Å². The molecule has 0 bridgehead atoms. The standard InChI is InChI=1S/C17H12Cl2FN3O2S/c18-13-6-1-10(7-14(13)19)8-21-15(24)9-26-17-23-22-16(25-17)11-2-4-12(20)5-3-11/h1-7H,8-9H2,(H,21,24). The van der Waals surface area contributed by atoms with Crippen LogP contribution in [0.1, 0.15) is 5.56 Å². The fraction of sp³-hybridized carbons (Fsp3) is 0.118. The summed E-state index contributed by atoms with van der Waals surface area (Å²) >= 11 is 12.9. The number of hydrogen-bond acceptors (Lipinski definition) is 5. The zero-order valence-corrected chi connectivity index (χ0v) is 15.5. The SMILES string of the molecule is O=C(CSc1nnc(-c2ccc(F)cc2)o1)NCc1ccc(Cl)c(Cl)c1. The van der Waals surface area contributed by atoms with Gasteiger partial charge in [-0.15, -0.1) is 10.2 Å². The Balaban J connectivity index is 1.50. The maximum Gasteiger partial charge on any atom is 0.277 e. The molecule has 0 saturated carbocycles. The quantitative estimate of drug-likeness (QED) is 0.600. The highest BCUT2D eigenvalue weighted by molar-refractivity contribution is 7.99. The normalized spacial score (nSPS) is 10.7. The summed E-state index contributed by atoms with van der Waals surface area (Å²) in [5.41, 5.74) is 1.45. The van der Waals surface area contributed by atoms with Gasteiger partial charge in [0, 0.05) is 12.1 Å². The Morgan fingerprint density at radius 2 is 1.88 bits per heavy atom. The summed E-state index contributed by atoms with van der Waals surface area (Å²) < 4.78 is 18.4. The van der Waals surface area contributed by atoms with Crippen LogP contribution in [-0.4, -0.2) is 21.9 Å². The molecule has 3 aromatic rings.